The number of pyridine rings is 1. The molecule has 1 unspecified atom stereocenters. The van der Waals surface area contributed by atoms with Crippen molar-refractivity contribution in [3.63, 3.8) is 0 Å². The Morgan fingerprint density at radius 3 is 2.48 bits per heavy atom. The number of carbonyl (C=O) groups is 2. The molecule has 3 aliphatic heterocycles. The highest BCUT2D eigenvalue weighted by Crippen LogP contribution is 2.23. The second-order valence-corrected chi connectivity index (χ2v) is 9.99. The third kappa shape index (κ3) is 4.64. The normalized spacial score (nSPS) is 25.2. The number of aromatic nitrogens is 1. The summed E-state index contributed by atoms with van der Waals surface area (Å²) in [6, 6.07) is 3.53. The van der Waals surface area contributed by atoms with Crippen molar-refractivity contribution in [2.24, 2.45) is 5.10 Å². The first-order valence-electron chi connectivity index (χ1n) is 9.92. The van der Waals surface area contributed by atoms with Gasteiger partial charge in [0.25, 0.3) is 5.91 Å². The first kappa shape index (κ1) is 20.0. The van der Waals surface area contributed by atoms with Gasteiger partial charge in [0.1, 0.15) is 5.71 Å². The first-order chi connectivity index (χ1) is 13.9. The van der Waals surface area contributed by atoms with Crippen LogP contribution in [-0.4, -0.2) is 89.5 Å². The first-order valence-corrected chi connectivity index (χ1v) is 11.7. The molecular formula is C19H25N5O4S. The minimum absolute atomic E-state index is 0.0691. The lowest BCUT2D eigenvalue weighted by molar-refractivity contribution is -0.134. The van der Waals surface area contributed by atoms with E-state index < -0.39 is 15.9 Å². The molecule has 29 heavy (non-hydrogen) atoms. The summed E-state index contributed by atoms with van der Waals surface area (Å²) in [4.78, 5) is 33.3. The molecule has 0 spiro atoms. The third-order valence-corrected chi connectivity index (χ3v) is 7.43. The average Bonchev–Trinajstić information content (AvgIpc) is 3.09. The van der Waals surface area contributed by atoms with E-state index in [9.17, 15) is 18.0 Å². The van der Waals surface area contributed by atoms with Crippen molar-refractivity contribution in [2.45, 2.75) is 31.8 Å². The number of piperazine rings is 1. The molecule has 2 fully saturated rings. The molecule has 0 N–H and O–H groups in total. The van der Waals surface area contributed by atoms with Crippen LogP contribution in [0, 0.1) is 0 Å². The van der Waals surface area contributed by atoms with E-state index in [2.05, 4.69) is 15.0 Å². The van der Waals surface area contributed by atoms with Gasteiger partial charge in [-0.25, -0.2) is 13.4 Å². The fourth-order valence-corrected chi connectivity index (χ4v) is 5.71. The summed E-state index contributed by atoms with van der Waals surface area (Å²) in [6.07, 6.45) is 4.44. The summed E-state index contributed by atoms with van der Waals surface area (Å²) in [5.41, 5.74) is 1.55. The molecule has 10 heteroatoms. The molecule has 0 aromatic carbocycles. The maximum Gasteiger partial charge on any atom is 0.270 e. The third-order valence-electron chi connectivity index (χ3n) is 5.68. The van der Waals surface area contributed by atoms with Gasteiger partial charge in [0.2, 0.25) is 5.91 Å². The van der Waals surface area contributed by atoms with Gasteiger partial charge in [-0.3, -0.25) is 19.5 Å². The van der Waals surface area contributed by atoms with Crippen LogP contribution in [0.1, 0.15) is 24.8 Å². The van der Waals surface area contributed by atoms with Crippen molar-refractivity contribution in [1.82, 2.24) is 19.8 Å². The van der Waals surface area contributed by atoms with Crippen LogP contribution in [0.3, 0.4) is 0 Å². The monoisotopic (exact) mass is 419 g/mol. The Hall–Kier alpha value is -2.33. The summed E-state index contributed by atoms with van der Waals surface area (Å²) >= 11 is 0. The number of amides is 2. The quantitative estimate of drug-likeness (QED) is 0.675. The van der Waals surface area contributed by atoms with Crippen molar-refractivity contribution in [1.29, 1.82) is 0 Å². The predicted octanol–water partition coefficient (Wildman–Crippen LogP) is -0.109. The molecule has 9 nitrogen and oxygen atoms in total. The number of hydrogen-bond acceptors (Lipinski definition) is 7. The minimum Gasteiger partial charge on any atom is -0.335 e. The molecule has 4 heterocycles. The molecule has 4 rings (SSSR count). The SMILES string of the molecule is O=C(C1=NN(C2CCS(=O)(=O)C2)C(=O)CC1)N1CCN(Cc2ccncc2)CC1. The summed E-state index contributed by atoms with van der Waals surface area (Å²) < 4.78 is 23.5. The second kappa shape index (κ2) is 8.19. The van der Waals surface area contributed by atoms with Gasteiger partial charge < -0.3 is 4.90 Å². The molecule has 3 aliphatic rings. The Bertz CT molecular complexity index is 910. The highest BCUT2D eigenvalue weighted by molar-refractivity contribution is 7.91. The highest BCUT2D eigenvalue weighted by atomic mass is 32.2. The standard InChI is InChI=1S/C19H25N5O4S/c25-18-2-1-17(21-24(18)16-5-12-29(27,28)14-16)19(26)23-10-8-22(9-11-23)13-15-3-6-20-7-4-15/h3-4,6-7,16H,1-2,5,8-14H2. The molecule has 0 aliphatic carbocycles. The summed E-state index contributed by atoms with van der Waals surface area (Å²) in [5, 5.41) is 5.55. The van der Waals surface area contributed by atoms with Gasteiger partial charge in [0.15, 0.2) is 9.84 Å². The number of rotatable bonds is 4. The van der Waals surface area contributed by atoms with Crippen molar-refractivity contribution in [2.75, 3.05) is 37.7 Å². The van der Waals surface area contributed by atoms with E-state index in [-0.39, 0.29) is 29.7 Å². The van der Waals surface area contributed by atoms with Crippen molar-refractivity contribution in [3.8, 4) is 0 Å². The fourth-order valence-electron chi connectivity index (χ4n) is 4.02. The van der Waals surface area contributed by atoms with Crippen molar-refractivity contribution in [3.05, 3.63) is 30.1 Å². The smallest absolute Gasteiger partial charge is 0.270 e. The van der Waals surface area contributed by atoms with E-state index in [1.165, 1.54) is 10.6 Å². The fraction of sp³-hybridized carbons (Fsp3) is 0.579. The molecule has 0 bridgehead atoms. The summed E-state index contributed by atoms with van der Waals surface area (Å²) in [5.74, 6) is -0.352. The maximum absolute atomic E-state index is 12.9. The summed E-state index contributed by atoms with van der Waals surface area (Å²) in [6.45, 7) is 3.57. The lowest BCUT2D eigenvalue weighted by Gasteiger charge is -2.36. The Labute approximate surface area is 170 Å². The second-order valence-electron chi connectivity index (χ2n) is 7.77. The zero-order chi connectivity index (χ0) is 20.4. The number of nitrogens with zero attached hydrogens (tertiary/aromatic N) is 5. The number of carbonyl (C=O) groups excluding carboxylic acids is 2. The van der Waals surface area contributed by atoms with Crippen LogP contribution in [0.25, 0.3) is 0 Å². The van der Waals surface area contributed by atoms with Gasteiger partial charge in [-0.15, -0.1) is 0 Å². The highest BCUT2D eigenvalue weighted by Gasteiger charge is 2.38. The molecule has 2 amide bonds. The maximum atomic E-state index is 12.9. The van der Waals surface area contributed by atoms with Crippen molar-refractivity contribution < 1.29 is 18.0 Å². The average molecular weight is 420 g/mol. The molecule has 1 atom stereocenters. The Morgan fingerprint density at radius 1 is 1.10 bits per heavy atom. The molecule has 0 saturated carbocycles. The van der Waals surface area contributed by atoms with Gasteiger partial charge in [0.05, 0.1) is 17.5 Å². The number of hydrazone groups is 1. The van der Waals surface area contributed by atoms with Crippen LogP contribution in [0.5, 0.6) is 0 Å². The number of hydrogen-bond donors (Lipinski definition) is 0. The van der Waals surface area contributed by atoms with Crippen LogP contribution >= 0.6 is 0 Å². The van der Waals surface area contributed by atoms with Gasteiger partial charge in [-0.1, -0.05) is 0 Å². The lowest BCUT2D eigenvalue weighted by Crippen LogP contribution is -2.51. The lowest BCUT2D eigenvalue weighted by atomic mass is 10.1. The Morgan fingerprint density at radius 2 is 1.83 bits per heavy atom. The Balaban J connectivity index is 1.37. The van der Waals surface area contributed by atoms with Crippen molar-refractivity contribution >= 4 is 27.4 Å². The van der Waals surface area contributed by atoms with Gasteiger partial charge in [-0.2, -0.15) is 5.10 Å². The van der Waals surface area contributed by atoms with E-state index in [0.29, 0.717) is 31.6 Å². The van der Waals surface area contributed by atoms with Crippen LogP contribution in [-0.2, 0) is 26.0 Å². The van der Waals surface area contributed by atoms with Gasteiger partial charge in [0, 0.05) is 58.0 Å². The molecule has 156 valence electrons. The van der Waals surface area contributed by atoms with Crippen LogP contribution in [0.4, 0.5) is 0 Å². The predicted molar refractivity (Wildman–Crippen MR) is 107 cm³/mol. The van der Waals surface area contributed by atoms with Gasteiger partial charge in [-0.05, 0) is 24.1 Å². The summed E-state index contributed by atoms with van der Waals surface area (Å²) in [7, 11) is -3.13. The largest absolute Gasteiger partial charge is 0.335 e. The van der Waals surface area contributed by atoms with Gasteiger partial charge >= 0.3 is 0 Å². The van der Waals surface area contributed by atoms with E-state index >= 15 is 0 Å². The topological polar surface area (TPSA) is 103 Å². The van der Waals surface area contributed by atoms with E-state index in [1.54, 1.807) is 17.3 Å². The zero-order valence-electron chi connectivity index (χ0n) is 16.2. The molecule has 0 radical (unpaired) electrons. The van der Waals surface area contributed by atoms with Crippen LogP contribution in [0.15, 0.2) is 29.6 Å². The molecule has 2 saturated heterocycles. The number of sulfone groups is 1. The minimum atomic E-state index is -3.13. The van der Waals surface area contributed by atoms with Crippen LogP contribution < -0.4 is 0 Å². The van der Waals surface area contributed by atoms with E-state index in [1.807, 2.05) is 12.1 Å². The van der Waals surface area contributed by atoms with E-state index in [0.717, 1.165) is 19.6 Å². The molecular weight excluding hydrogens is 394 g/mol. The van der Waals surface area contributed by atoms with Crippen LogP contribution in [0.2, 0.25) is 0 Å². The zero-order valence-corrected chi connectivity index (χ0v) is 17.1. The van der Waals surface area contributed by atoms with E-state index in [4.69, 9.17) is 0 Å². The molecule has 1 aromatic rings. The molecule has 1 aromatic heterocycles. The Kier molecular flexibility index (Phi) is 5.64.